The standard InChI is InChI=1S/C17H20ClNO2/c1-3-5-6-14(4-2)16-12-19(17(20)21-16)11-13-7-9-15(18)10-8-13/h3-4,7-10,16H,1,5-6,11-12H2,2H3/b14-4+. The number of halogens is 1. The lowest BCUT2D eigenvalue weighted by Crippen LogP contribution is -2.25. The molecule has 1 saturated heterocycles. The Labute approximate surface area is 130 Å². The number of carbonyl (C=O) groups is 1. The van der Waals surface area contributed by atoms with Gasteiger partial charge in [-0.15, -0.1) is 6.58 Å². The van der Waals surface area contributed by atoms with Crippen LogP contribution in [0.5, 0.6) is 0 Å². The highest BCUT2D eigenvalue weighted by molar-refractivity contribution is 6.30. The Morgan fingerprint density at radius 1 is 1.48 bits per heavy atom. The molecule has 0 saturated carbocycles. The highest BCUT2D eigenvalue weighted by Gasteiger charge is 2.32. The summed E-state index contributed by atoms with van der Waals surface area (Å²) in [7, 11) is 0. The number of benzene rings is 1. The molecule has 21 heavy (non-hydrogen) atoms. The van der Waals surface area contributed by atoms with Gasteiger partial charge in [0.05, 0.1) is 6.54 Å². The van der Waals surface area contributed by atoms with Crippen molar-refractivity contribution in [3.05, 3.63) is 59.2 Å². The molecule has 1 atom stereocenters. The van der Waals surface area contributed by atoms with Gasteiger partial charge in [0.1, 0.15) is 6.10 Å². The van der Waals surface area contributed by atoms with E-state index >= 15 is 0 Å². The minimum absolute atomic E-state index is 0.144. The summed E-state index contributed by atoms with van der Waals surface area (Å²) in [5.74, 6) is 0. The quantitative estimate of drug-likeness (QED) is 0.720. The smallest absolute Gasteiger partial charge is 0.410 e. The molecule has 0 N–H and O–H groups in total. The number of hydrogen-bond donors (Lipinski definition) is 0. The van der Waals surface area contributed by atoms with Crippen molar-refractivity contribution in [2.24, 2.45) is 0 Å². The average molecular weight is 306 g/mol. The predicted molar refractivity (Wildman–Crippen MR) is 85.3 cm³/mol. The Hall–Kier alpha value is -1.74. The molecule has 0 aliphatic carbocycles. The summed E-state index contributed by atoms with van der Waals surface area (Å²) in [5.41, 5.74) is 2.20. The first-order chi connectivity index (χ1) is 10.1. The molecule has 112 valence electrons. The normalized spacial score (nSPS) is 18.8. The fourth-order valence-corrected chi connectivity index (χ4v) is 2.53. The van der Waals surface area contributed by atoms with Gasteiger partial charge < -0.3 is 4.74 Å². The van der Waals surface area contributed by atoms with Gasteiger partial charge in [0.15, 0.2) is 0 Å². The van der Waals surface area contributed by atoms with Gasteiger partial charge in [-0.1, -0.05) is 35.9 Å². The molecule has 1 aliphatic rings. The Balaban J connectivity index is 1.98. The lowest BCUT2D eigenvalue weighted by Gasteiger charge is -2.14. The third kappa shape index (κ3) is 4.11. The van der Waals surface area contributed by atoms with Crippen molar-refractivity contribution in [2.75, 3.05) is 6.54 Å². The van der Waals surface area contributed by atoms with Gasteiger partial charge in [-0.3, -0.25) is 4.90 Å². The lowest BCUT2D eigenvalue weighted by atomic mass is 10.0. The van der Waals surface area contributed by atoms with E-state index in [1.54, 1.807) is 4.90 Å². The van der Waals surface area contributed by atoms with E-state index in [4.69, 9.17) is 16.3 Å². The number of allylic oxidation sites excluding steroid dienone is 2. The molecule has 0 radical (unpaired) electrons. The van der Waals surface area contributed by atoms with Crippen LogP contribution in [0.25, 0.3) is 0 Å². The number of carbonyl (C=O) groups excluding carboxylic acids is 1. The zero-order chi connectivity index (χ0) is 15.2. The Morgan fingerprint density at radius 2 is 2.19 bits per heavy atom. The first kappa shape index (κ1) is 15.6. The molecule has 1 aliphatic heterocycles. The molecule has 0 spiro atoms. The maximum Gasteiger partial charge on any atom is 0.410 e. The van der Waals surface area contributed by atoms with Crippen molar-refractivity contribution < 1.29 is 9.53 Å². The number of amides is 1. The molecule has 1 unspecified atom stereocenters. The molecule has 2 rings (SSSR count). The first-order valence-electron chi connectivity index (χ1n) is 7.10. The van der Waals surface area contributed by atoms with E-state index in [0.29, 0.717) is 18.1 Å². The molecule has 0 aromatic heterocycles. The summed E-state index contributed by atoms with van der Waals surface area (Å²) < 4.78 is 5.48. The summed E-state index contributed by atoms with van der Waals surface area (Å²) in [6, 6.07) is 7.52. The zero-order valence-corrected chi connectivity index (χ0v) is 13.0. The second kappa shape index (κ2) is 7.32. The lowest BCUT2D eigenvalue weighted by molar-refractivity contribution is 0.141. The van der Waals surface area contributed by atoms with Crippen LogP contribution in [0.4, 0.5) is 4.79 Å². The summed E-state index contributed by atoms with van der Waals surface area (Å²) in [6.45, 7) is 6.85. The molecule has 0 bridgehead atoms. The minimum Gasteiger partial charge on any atom is -0.440 e. The Bertz CT molecular complexity index is 536. The number of ether oxygens (including phenoxy) is 1. The summed E-state index contributed by atoms with van der Waals surface area (Å²) >= 11 is 5.87. The largest absolute Gasteiger partial charge is 0.440 e. The fourth-order valence-electron chi connectivity index (χ4n) is 2.40. The van der Waals surface area contributed by atoms with Gasteiger partial charge in [0.25, 0.3) is 0 Å². The fraction of sp³-hybridized carbons (Fsp3) is 0.353. The van der Waals surface area contributed by atoms with Crippen molar-refractivity contribution in [1.82, 2.24) is 4.90 Å². The summed E-state index contributed by atoms with van der Waals surface area (Å²) in [6.07, 6.45) is 5.29. The molecular weight excluding hydrogens is 286 g/mol. The number of rotatable bonds is 6. The number of nitrogens with zero attached hydrogens (tertiary/aromatic N) is 1. The molecule has 1 aromatic carbocycles. The van der Waals surface area contributed by atoms with Crippen LogP contribution in [0.2, 0.25) is 5.02 Å². The third-order valence-electron chi connectivity index (χ3n) is 3.60. The average Bonchev–Trinajstić information content (AvgIpc) is 2.83. The van der Waals surface area contributed by atoms with Gasteiger partial charge in [-0.25, -0.2) is 4.79 Å². The van der Waals surface area contributed by atoms with Crippen molar-refractivity contribution in [3.63, 3.8) is 0 Å². The maximum absolute atomic E-state index is 12.0. The van der Waals surface area contributed by atoms with Crippen molar-refractivity contribution in [3.8, 4) is 0 Å². The van der Waals surface area contributed by atoms with E-state index in [-0.39, 0.29) is 12.2 Å². The van der Waals surface area contributed by atoms with Crippen LogP contribution in [-0.4, -0.2) is 23.6 Å². The van der Waals surface area contributed by atoms with Crippen LogP contribution in [0.3, 0.4) is 0 Å². The van der Waals surface area contributed by atoms with Crippen molar-refractivity contribution in [1.29, 1.82) is 0 Å². The first-order valence-corrected chi connectivity index (χ1v) is 7.47. The Morgan fingerprint density at radius 3 is 2.81 bits per heavy atom. The van der Waals surface area contributed by atoms with E-state index in [9.17, 15) is 4.79 Å². The van der Waals surface area contributed by atoms with E-state index in [0.717, 1.165) is 24.0 Å². The molecule has 1 aromatic rings. The van der Waals surface area contributed by atoms with Crippen LogP contribution < -0.4 is 0 Å². The zero-order valence-electron chi connectivity index (χ0n) is 12.2. The number of cyclic esters (lactones) is 1. The SMILES string of the molecule is C=CCC/C(=C\C)C1CN(Cc2ccc(Cl)cc2)C(=O)O1. The van der Waals surface area contributed by atoms with Gasteiger partial charge in [0, 0.05) is 11.6 Å². The highest BCUT2D eigenvalue weighted by Crippen LogP contribution is 2.23. The second-order valence-electron chi connectivity index (χ2n) is 5.07. The third-order valence-corrected chi connectivity index (χ3v) is 3.85. The minimum atomic E-state index is -0.257. The van der Waals surface area contributed by atoms with Crippen LogP contribution in [0.15, 0.2) is 48.6 Å². The molecule has 4 heteroatoms. The van der Waals surface area contributed by atoms with E-state index in [1.165, 1.54) is 0 Å². The van der Waals surface area contributed by atoms with E-state index in [2.05, 4.69) is 6.58 Å². The summed E-state index contributed by atoms with van der Waals surface area (Å²) in [4.78, 5) is 13.7. The molecule has 1 fully saturated rings. The van der Waals surface area contributed by atoms with Crippen LogP contribution in [-0.2, 0) is 11.3 Å². The molecular formula is C17H20ClNO2. The Kier molecular flexibility index (Phi) is 5.45. The molecule has 1 amide bonds. The molecule has 3 nitrogen and oxygen atoms in total. The van der Waals surface area contributed by atoms with E-state index < -0.39 is 0 Å². The van der Waals surface area contributed by atoms with Gasteiger partial charge >= 0.3 is 6.09 Å². The topological polar surface area (TPSA) is 29.5 Å². The van der Waals surface area contributed by atoms with Crippen LogP contribution in [0, 0.1) is 0 Å². The molecule has 1 heterocycles. The highest BCUT2D eigenvalue weighted by atomic mass is 35.5. The van der Waals surface area contributed by atoms with Crippen molar-refractivity contribution in [2.45, 2.75) is 32.4 Å². The monoisotopic (exact) mass is 305 g/mol. The predicted octanol–water partition coefficient (Wildman–Crippen LogP) is 4.57. The van der Waals surface area contributed by atoms with Crippen molar-refractivity contribution >= 4 is 17.7 Å². The number of hydrogen-bond acceptors (Lipinski definition) is 2. The van der Waals surface area contributed by atoms with Gasteiger partial charge in [-0.2, -0.15) is 0 Å². The van der Waals surface area contributed by atoms with Crippen LogP contribution in [0.1, 0.15) is 25.3 Å². The summed E-state index contributed by atoms with van der Waals surface area (Å²) in [5, 5.41) is 0.696. The van der Waals surface area contributed by atoms with Crippen LogP contribution >= 0.6 is 11.6 Å². The van der Waals surface area contributed by atoms with E-state index in [1.807, 2.05) is 43.3 Å². The van der Waals surface area contributed by atoms with Gasteiger partial charge in [0.2, 0.25) is 0 Å². The second-order valence-corrected chi connectivity index (χ2v) is 5.51. The van der Waals surface area contributed by atoms with Gasteiger partial charge in [-0.05, 0) is 43.0 Å². The maximum atomic E-state index is 12.0.